The van der Waals surface area contributed by atoms with Gasteiger partial charge in [0.2, 0.25) is 0 Å². The van der Waals surface area contributed by atoms with Crippen molar-refractivity contribution >= 4 is 11.6 Å². The lowest BCUT2D eigenvalue weighted by molar-refractivity contribution is 0.0917. The number of nitrogens with two attached hydrogens (primary N) is 1. The van der Waals surface area contributed by atoms with Crippen LogP contribution in [0, 0.1) is 6.92 Å². The number of aryl methyl sites for hydroxylation is 1. The molecule has 1 amide bonds. The smallest absolute Gasteiger partial charge is 0.253 e. The van der Waals surface area contributed by atoms with Gasteiger partial charge in [0.25, 0.3) is 5.91 Å². The minimum absolute atomic E-state index is 0.119. The minimum atomic E-state index is -0.334. The molecule has 0 aromatic heterocycles. The number of rotatable bonds is 5. The maximum Gasteiger partial charge on any atom is 0.253 e. The highest BCUT2D eigenvalue weighted by Crippen LogP contribution is 2.14. The number of hydrogen-bond donors (Lipinski definition) is 3. The van der Waals surface area contributed by atoms with E-state index in [-0.39, 0.29) is 18.6 Å². The number of amides is 1. The summed E-state index contributed by atoms with van der Waals surface area (Å²) in [5.74, 6) is -0.258. The van der Waals surface area contributed by atoms with Crippen molar-refractivity contribution in [3.05, 3.63) is 65.2 Å². The van der Waals surface area contributed by atoms with Crippen LogP contribution in [-0.2, 0) is 6.42 Å². The number of aliphatic hydroxyl groups excluding tert-OH is 1. The molecule has 0 radical (unpaired) electrons. The van der Waals surface area contributed by atoms with Crippen molar-refractivity contribution in [3.8, 4) is 0 Å². The second-order valence-electron chi connectivity index (χ2n) is 5.13. The van der Waals surface area contributed by atoms with Crippen LogP contribution in [0.25, 0.3) is 0 Å². The largest absolute Gasteiger partial charge is 0.398 e. The third kappa shape index (κ3) is 4.07. The molecule has 1 unspecified atom stereocenters. The van der Waals surface area contributed by atoms with Crippen LogP contribution in [0.15, 0.2) is 48.5 Å². The molecule has 0 bridgehead atoms. The van der Waals surface area contributed by atoms with Crippen molar-refractivity contribution in [2.45, 2.75) is 19.4 Å². The Morgan fingerprint density at radius 1 is 1.24 bits per heavy atom. The van der Waals surface area contributed by atoms with Crippen LogP contribution in [0.1, 0.15) is 21.5 Å². The molecule has 0 saturated carbocycles. The van der Waals surface area contributed by atoms with Crippen LogP contribution >= 0.6 is 0 Å². The van der Waals surface area contributed by atoms with Crippen molar-refractivity contribution in [1.29, 1.82) is 0 Å². The summed E-state index contributed by atoms with van der Waals surface area (Å²) in [6.45, 7) is 1.79. The standard InChI is InChI=1S/C17H20N2O2/c1-12-7-8-16(18)15(9-12)17(21)19-14(11-20)10-13-5-3-2-4-6-13/h2-9,14,20H,10-11,18H2,1H3,(H,19,21). The Morgan fingerprint density at radius 3 is 2.62 bits per heavy atom. The average molecular weight is 284 g/mol. The third-order valence-electron chi connectivity index (χ3n) is 3.33. The molecule has 0 saturated heterocycles. The molecule has 4 N–H and O–H groups in total. The molecule has 21 heavy (non-hydrogen) atoms. The van der Waals surface area contributed by atoms with Gasteiger partial charge in [0.15, 0.2) is 0 Å². The first kappa shape index (κ1) is 15.1. The van der Waals surface area contributed by atoms with Gasteiger partial charge in [-0.25, -0.2) is 0 Å². The molecule has 0 aliphatic rings. The van der Waals surface area contributed by atoms with Gasteiger partial charge in [0, 0.05) is 5.69 Å². The van der Waals surface area contributed by atoms with Crippen molar-refractivity contribution in [3.63, 3.8) is 0 Å². The number of aliphatic hydroxyl groups is 1. The van der Waals surface area contributed by atoms with E-state index in [2.05, 4.69) is 5.32 Å². The Labute approximate surface area is 124 Å². The van der Waals surface area contributed by atoms with Gasteiger partial charge in [0.1, 0.15) is 0 Å². The molecule has 4 heteroatoms. The van der Waals surface area contributed by atoms with Crippen molar-refractivity contribution in [2.24, 2.45) is 0 Å². The molecular formula is C17H20N2O2. The van der Waals surface area contributed by atoms with E-state index in [1.807, 2.05) is 43.3 Å². The molecule has 2 aromatic carbocycles. The summed E-state index contributed by atoms with van der Waals surface area (Å²) < 4.78 is 0. The highest BCUT2D eigenvalue weighted by Gasteiger charge is 2.15. The van der Waals surface area contributed by atoms with E-state index in [1.54, 1.807) is 12.1 Å². The number of carbonyl (C=O) groups is 1. The summed E-state index contributed by atoms with van der Waals surface area (Å²) in [7, 11) is 0. The number of nitrogen functional groups attached to an aromatic ring is 1. The topological polar surface area (TPSA) is 75.4 Å². The number of nitrogens with one attached hydrogen (secondary N) is 1. The van der Waals surface area contributed by atoms with Crippen molar-refractivity contribution in [1.82, 2.24) is 5.32 Å². The number of hydrogen-bond acceptors (Lipinski definition) is 3. The summed E-state index contributed by atoms with van der Waals surface area (Å²) >= 11 is 0. The van der Waals surface area contributed by atoms with Gasteiger partial charge in [-0.2, -0.15) is 0 Å². The summed E-state index contributed by atoms with van der Waals surface area (Å²) in [6, 6.07) is 14.7. The molecular weight excluding hydrogens is 264 g/mol. The first-order chi connectivity index (χ1) is 10.1. The molecule has 0 heterocycles. The van der Waals surface area contributed by atoms with Gasteiger partial charge in [0.05, 0.1) is 18.2 Å². The van der Waals surface area contributed by atoms with Crippen LogP contribution in [0.5, 0.6) is 0 Å². The van der Waals surface area contributed by atoms with Crippen LogP contribution in [0.2, 0.25) is 0 Å². The predicted octanol–water partition coefficient (Wildman–Crippen LogP) is 1.91. The summed E-state index contributed by atoms with van der Waals surface area (Å²) in [5, 5.41) is 12.3. The highest BCUT2D eigenvalue weighted by molar-refractivity contribution is 5.99. The molecule has 1 atom stereocenters. The van der Waals surface area contributed by atoms with Crippen LogP contribution in [0.3, 0.4) is 0 Å². The molecule has 4 nitrogen and oxygen atoms in total. The predicted molar refractivity (Wildman–Crippen MR) is 84.1 cm³/mol. The number of carbonyl (C=O) groups excluding carboxylic acids is 1. The Balaban J connectivity index is 2.07. The van der Waals surface area contributed by atoms with E-state index in [0.717, 1.165) is 11.1 Å². The van der Waals surface area contributed by atoms with E-state index in [4.69, 9.17) is 5.73 Å². The second-order valence-corrected chi connectivity index (χ2v) is 5.13. The van der Waals surface area contributed by atoms with E-state index >= 15 is 0 Å². The van der Waals surface area contributed by atoms with Gasteiger partial charge in [-0.3, -0.25) is 4.79 Å². The first-order valence-corrected chi connectivity index (χ1v) is 6.92. The number of anilines is 1. The lowest BCUT2D eigenvalue weighted by Crippen LogP contribution is -2.39. The molecule has 0 aliphatic carbocycles. The zero-order chi connectivity index (χ0) is 15.2. The maximum atomic E-state index is 12.3. The SMILES string of the molecule is Cc1ccc(N)c(C(=O)NC(CO)Cc2ccccc2)c1. The first-order valence-electron chi connectivity index (χ1n) is 6.92. The minimum Gasteiger partial charge on any atom is -0.398 e. The van der Waals surface area contributed by atoms with Crippen LogP contribution in [-0.4, -0.2) is 23.7 Å². The second kappa shape index (κ2) is 6.90. The maximum absolute atomic E-state index is 12.3. The van der Waals surface area contributed by atoms with Gasteiger partial charge in [-0.05, 0) is 31.0 Å². The highest BCUT2D eigenvalue weighted by atomic mass is 16.3. The zero-order valence-corrected chi connectivity index (χ0v) is 12.0. The normalized spacial score (nSPS) is 11.9. The van der Waals surface area contributed by atoms with Crippen LogP contribution < -0.4 is 11.1 Å². The summed E-state index contributed by atoms with van der Waals surface area (Å²) in [5.41, 5.74) is 8.76. The number of benzene rings is 2. The lowest BCUT2D eigenvalue weighted by Gasteiger charge is -2.17. The van der Waals surface area contributed by atoms with Gasteiger partial charge in [-0.1, -0.05) is 42.0 Å². The zero-order valence-electron chi connectivity index (χ0n) is 12.0. The molecule has 2 aromatic rings. The van der Waals surface area contributed by atoms with Gasteiger partial charge >= 0.3 is 0 Å². The molecule has 0 spiro atoms. The van der Waals surface area contributed by atoms with Crippen molar-refractivity contribution in [2.75, 3.05) is 12.3 Å². The summed E-state index contributed by atoms with van der Waals surface area (Å²) in [4.78, 5) is 12.3. The van der Waals surface area contributed by atoms with E-state index < -0.39 is 0 Å². The Hall–Kier alpha value is -2.33. The average Bonchev–Trinajstić information content (AvgIpc) is 2.50. The molecule has 110 valence electrons. The summed E-state index contributed by atoms with van der Waals surface area (Å²) in [6.07, 6.45) is 0.578. The van der Waals surface area contributed by atoms with E-state index in [0.29, 0.717) is 17.7 Å². The lowest BCUT2D eigenvalue weighted by atomic mass is 10.0. The third-order valence-corrected chi connectivity index (χ3v) is 3.33. The Bertz CT molecular complexity index is 611. The quantitative estimate of drug-likeness (QED) is 0.734. The Morgan fingerprint density at radius 2 is 1.95 bits per heavy atom. The van der Waals surface area contributed by atoms with E-state index in [9.17, 15) is 9.90 Å². The fraction of sp³-hybridized carbons (Fsp3) is 0.235. The van der Waals surface area contributed by atoms with Crippen LogP contribution in [0.4, 0.5) is 5.69 Å². The fourth-order valence-corrected chi connectivity index (χ4v) is 2.19. The Kier molecular flexibility index (Phi) is 4.95. The van der Waals surface area contributed by atoms with E-state index in [1.165, 1.54) is 0 Å². The molecule has 0 fully saturated rings. The fourth-order valence-electron chi connectivity index (χ4n) is 2.19. The van der Waals surface area contributed by atoms with Crippen molar-refractivity contribution < 1.29 is 9.90 Å². The van der Waals surface area contributed by atoms with Gasteiger partial charge < -0.3 is 16.2 Å². The molecule has 0 aliphatic heterocycles. The monoisotopic (exact) mass is 284 g/mol. The van der Waals surface area contributed by atoms with Gasteiger partial charge in [-0.15, -0.1) is 0 Å². The molecule has 2 rings (SSSR count).